The van der Waals surface area contributed by atoms with Crippen molar-refractivity contribution >= 4 is 23.5 Å². The highest BCUT2D eigenvalue weighted by Crippen LogP contribution is 2.33. The van der Waals surface area contributed by atoms with Gasteiger partial charge in [-0.3, -0.25) is 9.80 Å². The summed E-state index contributed by atoms with van der Waals surface area (Å²) in [5.41, 5.74) is 3.71. The minimum Gasteiger partial charge on any atom is -0.469 e. The maximum Gasteiger partial charge on any atom is 0.407 e. The largest absolute Gasteiger partial charge is 0.469 e. The van der Waals surface area contributed by atoms with Crippen LogP contribution in [-0.4, -0.2) is 54.0 Å². The number of hydrogen-bond acceptors (Lipinski definition) is 5. The molecule has 0 aliphatic carbocycles. The number of anilines is 1. The lowest BCUT2D eigenvalue weighted by Crippen LogP contribution is -2.37. The zero-order valence-electron chi connectivity index (χ0n) is 19.5. The van der Waals surface area contributed by atoms with Crippen LogP contribution >= 0.6 is 0 Å². The number of likely N-dealkylation sites (tertiary alicyclic amines) is 1. The Morgan fingerprint density at radius 3 is 2.32 bits per heavy atom. The van der Waals surface area contributed by atoms with Crippen LogP contribution in [0.4, 0.5) is 14.9 Å². The van der Waals surface area contributed by atoms with E-state index in [-0.39, 0.29) is 30.2 Å². The van der Waals surface area contributed by atoms with Gasteiger partial charge in [-0.1, -0.05) is 31.2 Å². The molecular formula is C26H30FN3O4. The van der Waals surface area contributed by atoms with Crippen molar-refractivity contribution < 1.29 is 23.8 Å². The Bertz CT molecular complexity index is 1050. The summed E-state index contributed by atoms with van der Waals surface area (Å²) in [6, 6.07) is 14.2. The molecule has 0 aromatic heterocycles. The van der Waals surface area contributed by atoms with Gasteiger partial charge in [0.25, 0.3) is 0 Å². The van der Waals surface area contributed by atoms with Gasteiger partial charge in [0, 0.05) is 19.0 Å². The molecule has 2 heterocycles. The normalized spacial score (nSPS) is 20.9. The highest BCUT2D eigenvalue weighted by atomic mass is 19.1. The number of carboxylic acid groups (broad SMARTS) is 1. The zero-order chi connectivity index (χ0) is 24.2. The van der Waals surface area contributed by atoms with Crippen molar-refractivity contribution in [2.45, 2.75) is 38.6 Å². The summed E-state index contributed by atoms with van der Waals surface area (Å²) < 4.78 is 18.3. The molecule has 2 unspecified atom stereocenters. The summed E-state index contributed by atoms with van der Waals surface area (Å²) in [6.45, 7) is 3.19. The van der Waals surface area contributed by atoms with Gasteiger partial charge in [0.05, 0.1) is 31.0 Å². The summed E-state index contributed by atoms with van der Waals surface area (Å²) in [5, 5.41) is 15.8. The molecule has 7 nitrogen and oxygen atoms in total. The van der Waals surface area contributed by atoms with Crippen molar-refractivity contribution in [1.29, 1.82) is 0 Å². The number of carbonyl (C=O) groups excluding carboxylic acids is 1. The number of methoxy groups -OCH3 is 1. The van der Waals surface area contributed by atoms with E-state index in [2.05, 4.69) is 12.1 Å². The van der Waals surface area contributed by atoms with Gasteiger partial charge in [-0.2, -0.15) is 5.10 Å². The third-order valence-electron chi connectivity index (χ3n) is 6.89. The van der Waals surface area contributed by atoms with Crippen LogP contribution in [0.15, 0.2) is 53.6 Å². The number of carbonyl (C=O) groups is 2. The third kappa shape index (κ3) is 5.21. The summed E-state index contributed by atoms with van der Waals surface area (Å²) in [4.78, 5) is 24.7. The number of piperidine rings is 1. The molecule has 1 amide bonds. The average molecular weight is 468 g/mol. The van der Waals surface area contributed by atoms with E-state index in [1.807, 2.05) is 24.1 Å². The van der Waals surface area contributed by atoms with Crippen molar-refractivity contribution in [3.8, 4) is 0 Å². The van der Waals surface area contributed by atoms with E-state index in [1.165, 1.54) is 29.7 Å². The topological polar surface area (TPSA) is 82.4 Å². The lowest BCUT2D eigenvalue weighted by Gasteiger charge is -2.30. The minimum absolute atomic E-state index is 0.0522. The van der Waals surface area contributed by atoms with Crippen LogP contribution in [0.3, 0.4) is 0 Å². The molecular weight excluding hydrogens is 437 g/mol. The molecule has 0 radical (unpaired) electrons. The molecule has 2 atom stereocenters. The maximum absolute atomic E-state index is 13.4. The molecule has 1 N–H and O–H groups in total. The van der Waals surface area contributed by atoms with E-state index in [0.717, 1.165) is 36.2 Å². The monoisotopic (exact) mass is 467 g/mol. The van der Waals surface area contributed by atoms with E-state index < -0.39 is 6.09 Å². The fourth-order valence-corrected chi connectivity index (χ4v) is 4.83. The van der Waals surface area contributed by atoms with Crippen LogP contribution in [0, 0.1) is 17.7 Å². The molecule has 1 saturated heterocycles. The second-order valence-electron chi connectivity index (χ2n) is 9.06. The molecule has 180 valence electrons. The Morgan fingerprint density at radius 2 is 1.74 bits per heavy atom. The van der Waals surface area contributed by atoms with Crippen LogP contribution in [0.25, 0.3) is 0 Å². The number of hydrogen-bond donors (Lipinski definition) is 1. The molecule has 34 heavy (non-hydrogen) atoms. The lowest BCUT2D eigenvalue weighted by molar-refractivity contribution is -0.141. The van der Waals surface area contributed by atoms with E-state index in [1.54, 1.807) is 12.1 Å². The number of benzene rings is 2. The summed E-state index contributed by atoms with van der Waals surface area (Å²) in [6.07, 6.45) is 1.98. The second-order valence-corrected chi connectivity index (χ2v) is 9.06. The fourth-order valence-electron chi connectivity index (χ4n) is 4.83. The van der Waals surface area contributed by atoms with Gasteiger partial charge >= 0.3 is 12.1 Å². The summed E-state index contributed by atoms with van der Waals surface area (Å²) in [7, 11) is 1.38. The van der Waals surface area contributed by atoms with Gasteiger partial charge < -0.3 is 14.7 Å². The number of hydrazone groups is 1. The standard InChI is InChI=1S/C26H30FN3O4/c1-17-23(16-24(31)34-2)30(28-25(17)20-5-7-21(27)8-6-20)22-9-3-18(4-10-22)15-19-11-13-29(14-12-19)26(32)33/h3-10,17,19,23H,11-16H2,1-2H3,(H,32,33). The molecule has 0 bridgehead atoms. The molecule has 2 aromatic rings. The number of nitrogens with zero attached hydrogens (tertiary/aromatic N) is 3. The Labute approximate surface area is 198 Å². The van der Waals surface area contributed by atoms with Gasteiger partial charge in [0.1, 0.15) is 5.82 Å². The van der Waals surface area contributed by atoms with Crippen LogP contribution in [0.5, 0.6) is 0 Å². The van der Waals surface area contributed by atoms with Crippen LogP contribution in [-0.2, 0) is 16.0 Å². The number of amides is 1. The molecule has 4 rings (SSSR count). The third-order valence-corrected chi connectivity index (χ3v) is 6.89. The van der Waals surface area contributed by atoms with Crippen molar-refractivity contribution in [3.05, 3.63) is 65.5 Å². The first-order chi connectivity index (χ1) is 16.4. The van der Waals surface area contributed by atoms with Crippen molar-refractivity contribution in [3.63, 3.8) is 0 Å². The first-order valence-electron chi connectivity index (χ1n) is 11.6. The Hall–Kier alpha value is -3.42. The molecule has 2 aliphatic rings. The number of ether oxygens (including phenoxy) is 1. The highest BCUT2D eigenvalue weighted by Gasteiger charge is 2.37. The molecule has 1 fully saturated rings. The van der Waals surface area contributed by atoms with Crippen LogP contribution in [0.2, 0.25) is 0 Å². The predicted octanol–water partition coefficient (Wildman–Crippen LogP) is 4.55. The van der Waals surface area contributed by atoms with E-state index in [4.69, 9.17) is 14.9 Å². The first kappa shape index (κ1) is 23.7. The van der Waals surface area contributed by atoms with Crippen molar-refractivity contribution in [2.24, 2.45) is 16.9 Å². The van der Waals surface area contributed by atoms with Gasteiger partial charge in [0.15, 0.2) is 0 Å². The number of esters is 1. The second kappa shape index (κ2) is 10.2. The van der Waals surface area contributed by atoms with Crippen LogP contribution < -0.4 is 5.01 Å². The average Bonchev–Trinajstić information content (AvgIpc) is 3.16. The van der Waals surface area contributed by atoms with E-state index >= 15 is 0 Å². The predicted molar refractivity (Wildman–Crippen MR) is 127 cm³/mol. The number of rotatable bonds is 6. The van der Waals surface area contributed by atoms with E-state index in [0.29, 0.717) is 19.0 Å². The Balaban J connectivity index is 1.51. The van der Waals surface area contributed by atoms with Gasteiger partial charge in [-0.05, 0) is 60.6 Å². The van der Waals surface area contributed by atoms with Crippen molar-refractivity contribution in [1.82, 2.24) is 4.90 Å². The number of halogens is 1. The molecule has 0 spiro atoms. The fraction of sp³-hybridized carbons (Fsp3) is 0.423. The lowest BCUT2D eigenvalue weighted by atomic mass is 9.90. The molecule has 2 aromatic carbocycles. The highest BCUT2D eigenvalue weighted by molar-refractivity contribution is 6.05. The van der Waals surface area contributed by atoms with Gasteiger partial charge in [-0.15, -0.1) is 0 Å². The molecule has 0 saturated carbocycles. The molecule has 8 heteroatoms. The zero-order valence-corrected chi connectivity index (χ0v) is 19.5. The first-order valence-corrected chi connectivity index (χ1v) is 11.6. The summed E-state index contributed by atoms with van der Waals surface area (Å²) in [5.74, 6) is -0.198. The molecule has 2 aliphatic heterocycles. The quantitative estimate of drug-likeness (QED) is 0.631. The van der Waals surface area contributed by atoms with Gasteiger partial charge in [-0.25, -0.2) is 9.18 Å². The minimum atomic E-state index is -0.843. The van der Waals surface area contributed by atoms with Crippen LogP contribution in [0.1, 0.15) is 37.3 Å². The van der Waals surface area contributed by atoms with Gasteiger partial charge in [0.2, 0.25) is 0 Å². The Kier molecular flexibility index (Phi) is 7.14. The Morgan fingerprint density at radius 1 is 1.09 bits per heavy atom. The smallest absolute Gasteiger partial charge is 0.407 e. The SMILES string of the molecule is COC(=O)CC1C(C)C(c2ccc(F)cc2)=NN1c1ccc(CC2CCN(C(=O)O)CC2)cc1. The summed E-state index contributed by atoms with van der Waals surface area (Å²) >= 11 is 0. The van der Waals surface area contributed by atoms with Crippen molar-refractivity contribution in [2.75, 3.05) is 25.2 Å². The van der Waals surface area contributed by atoms with E-state index in [9.17, 15) is 14.0 Å². The maximum atomic E-state index is 13.4.